The first-order chi connectivity index (χ1) is 13.5. The maximum absolute atomic E-state index is 12.7. The number of benzene rings is 2. The molecule has 0 saturated carbocycles. The van der Waals surface area contributed by atoms with Crippen molar-refractivity contribution in [3.05, 3.63) is 59.7 Å². The molecule has 1 N–H and O–H groups in total. The van der Waals surface area contributed by atoms with Crippen LogP contribution in [0.25, 0.3) is 0 Å². The summed E-state index contributed by atoms with van der Waals surface area (Å²) in [7, 11) is -1.63. The highest BCUT2D eigenvalue weighted by atomic mass is 32.2. The molecule has 0 atom stereocenters. The van der Waals surface area contributed by atoms with Gasteiger partial charge in [-0.25, -0.2) is 8.42 Å². The van der Waals surface area contributed by atoms with Gasteiger partial charge in [-0.2, -0.15) is 4.31 Å². The number of rotatable bonds is 8. The van der Waals surface area contributed by atoms with Gasteiger partial charge in [0.05, 0.1) is 45.6 Å². The molecule has 6 nitrogen and oxygen atoms in total. The third-order valence-corrected chi connectivity index (χ3v) is 6.85. The van der Waals surface area contributed by atoms with Crippen molar-refractivity contribution < 1.29 is 22.8 Å². The second-order valence-corrected chi connectivity index (χ2v) is 8.95. The molecular weight excluding hydrogens is 376 g/mol. The van der Waals surface area contributed by atoms with E-state index >= 15 is 0 Å². The fourth-order valence-electron chi connectivity index (χ4n) is 3.52. The Hall–Kier alpha value is -2.09. The zero-order valence-corrected chi connectivity index (χ0v) is 17.4. The van der Waals surface area contributed by atoms with Crippen LogP contribution in [0.1, 0.15) is 18.1 Å². The van der Waals surface area contributed by atoms with E-state index in [1.165, 1.54) is 4.90 Å². The lowest BCUT2D eigenvalue weighted by atomic mass is 10.1. The third-order valence-electron chi connectivity index (χ3n) is 5.00. The Morgan fingerprint density at radius 3 is 2.36 bits per heavy atom. The molecule has 3 rings (SSSR count). The summed E-state index contributed by atoms with van der Waals surface area (Å²) in [6.45, 7) is 6.09. The van der Waals surface area contributed by atoms with Crippen molar-refractivity contribution in [2.24, 2.45) is 0 Å². The van der Waals surface area contributed by atoms with Crippen LogP contribution in [0.4, 0.5) is 0 Å². The number of sulfonamides is 1. The Balaban J connectivity index is 1.57. The van der Waals surface area contributed by atoms with Crippen molar-refractivity contribution in [1.82, 2.24) is 4.31 Å². The minimum absolute atomic E-state index is 0.0687. The first kappa shape index (κ1) is 20.6. The summed E-state index contributed by atoms with van der Waals surface area (Å²) in [5.41, 5.74) is 2.00. The molecule has 1 fully saturated rings. The highest BCUT2D eigenvalue weighted by molar-refractivity contribution is 7.88. The molecule has 0 aromatic heterocycles. The minimum atomic E-state index is -3.27. The van der Waals surface area contributed by atoms with Crippen molar-refractivity contribution in [3.8, 4) is 11.5 Å². The van der Waals surface area contributed by atoms with Crippen LogP contribution < -0.4 is 14.4 Å². The van der Waals surface area contributed by atoms with Gasteiger partial charge in [-0.1, -0.05) is 30.3 Å². The molecule has 0 bridgehead atoms. The van der Waals surface area contributed by atoms with Gasteiger partial charge in [0.2, 0.25) is 10.0 Å². The van der Waals surface area contributed by atoms with Gasteiger partial charge in [0.15, 0.2) is 11.5 Å². The molecule has 1 saturated heterocycles. The van der Waals surface area contributed by atoms with E-state index in [0.29, 0.717) is 19.7 Å². The van der Waals surface area contributed by atoms with E-state index in [2.05, 4.69) is 6.07 Å². The van der Waals surface area contributed by atoms with Gasteiger partial charge < -0.3 is 14.4 Å². The first-order valence-corrected chi connectivity index (χ1v) is 11.3. The Morgan fingerprint density at radius 2 is 1.71 bits per heavy atom. The molecule has 1 aliphatic heterocycles. The number of hydrogen-bond acceptors (Lipinski definition) is 4. The standard InChI is InChI=1S/C21H28N2O4S/c1-3-27-20-10-9-19(15-21(20)26-2)16-22-11-13-23(14-12-22)28(24,25)17-18-7-5-4-6-8-18/h4-10,15H,3,11-14,16-17H2,1-2H3/p+1. The van der Waals surface area contributed by atoms with E-state index < -0.39 is 10.0 Å². The van der Waals surface area contributed by atoms with Crippen molar-refractivity contribution >= 4 is 10.0 Å². The van der Waals surface area contributed by atoms with Crippen LogP contribution in [0.3, 0.4) is 0 Å². The van der Waals surface area contributed by atoms with Gasteiger partial charge >= 0.3 is 0 Å². The number of nitrogens with zero attached hydrogens (tertiary/aromatic N) is 1. The predicted octanol–water partition coefficient (Wildman–Crippen LogP) is 1.32. The van der Waals surface area contributed by atoms with E-state index in [1.54, 1.807) is 11.4 Å². The van der Waals surface area contributed by atoms with Crippen LogP contribution in [0.2, 0.25) is 0 Å². The van der Waals surface area contributed by atoms with Gasteiger partial charge in [-0.05, 0) is 30.7 Å². The molecule has 0 spiro atoms. The first-order valence-electron chi connectivity index (χ1n) is 9.67. The van der Waals surface area contributed by atoms with Crippen molar-refractivity contribution in [1.29, 1.82) is 0 Å². The topological polar surface area (TPSA) is 60.3 Å². The van der Waals surface area contributed by atoms with E-state index in [9.17, 15) is 8.42 Å². The molecule has 0 unspecified atom stereocenters. The Labute approximate surface area is 167 Å². The molecular formula is C21H29N2O4S+. The van der Waals surface area contributed by atoms with Crippen LogP contribution in [-0.4, -0.2) is 52.6 Å². The van der Waals surface area contributed by atoms with Crippen molar-refractivity contribution in [3.63, 3.8) is 0 Å². The monoisotopic (exact) mass is 405 g/mol. The van der Waals surface area contributed by atoms with E-state index in [1.807, 2.05) is 49.4 Å². The highest BCUT2D eigenvalue weighted by Gasteiger charge is 2.29. The maximum Gasteiger partial charge on any atom is 0.218 e. The van der Waals surface area contributed by atoms with Crippen LogP contribution >= 0.6 is 0 Å². The molecule has 1 aliphatic rings. The fraction of sp³-hybridized carbons (Fsp3) is 0.429. The molecule has 2 aromatic carbocycles. The Bertz CT molecular complexity index is 863. The average Bonchev–Trinajstić information content (AvgIpc) is 2.70. The normalized spacial score (nSPS) is 16.1. The second kappa shape index (κ2) is 9.41. The average molecular weight is 406 g/mol. The molecule has 28 heavy (non-hydrogen) atoms. The van der Waals surface area contributed by atoms with Crippen molar-refractivity contribution in [2.75, 3.05) is 39.9 Å². The fourth-order valence-corrected chi connectivity index (χ4v) is 5.05. The van der Waals surface area contributed by atoms with Crippen LogP contribution in [0.15, 0.2) is 48.5 Å². The van der Waals surface area contributed by atoms with Gasteiger partial charge in [0, 0.05) is 5.56 Å². The second-order valence-electron chi connectivity index (χ2n) is 6.99. The van der Waals surface area contributed by atoms with Crippen LogP contribution in [0, 0.1) is 0 Å². The van der Waals surface area contributed by atoms with Crippen LogP contribution in [0.5, 0.6) is 11.5 Å². The lowest BCUT2D eigenvalue weighted by molar-refractivity contribution is -0.917. The van der Waals surface area contributed by atoms with E-state index in [-0.39, 0.29) is 5.75 Å². The summed E-state index contributed by atoms with van der Waals surface area (Å²) in [5.74, 6) is 1.56. The quantitative estimate of drug-likeness (QED) is 0.720. The smallest absolute Gasteiger partial charge is 0.218 e. The summed E-state index contributed by atoms with van der Waals surface area (Å²) in [5, 5.41) is 0. The number of nitrogens with one attached hydrogen (secondary N) is 1. The number of methoxy groups -OCH3 is 1. The Kier molecular flexibility index (Phi) is 6.93. The zero-order chi connectivity index (χ0) is 20.0. The Morgan fingerprint density at radius 1 is 1.00 bits per heavy atom. The molecule has 1 heterocycles. The lowest BCUT2D eigenvalue weighted by Gasteiger charge is -2.31. The number of ether oxygens (including phenoxy) is 2. The van der Waals surface area contributed by atoms with Crippen molar-refractivity contribution in [2.45, 2.75) is 19.2 Å². The maximum atomic E-state index is 12.7. The molecule has 0 amide bonds. The summed E-state index contributed by atoms with van der Waals surface area (Å²) in [4.78, 5) is 1.37. The predicted molar refractivity (Wildman–Crippen MR) is 109 cm³/mol. The summed E-state index contributed by atoms with van der Waals surface area (Å²) < 4.78 is 38.0. The molecule has 7 heteroatoms. The third kappa shape index (κ3) is 5.25. The lowest BCUT2D eigenvalue weighted by Crippen LogP contribution is -3.13. The number of quaternary nitrogens is 1. The molecule has 2 aromatic rings. The van der Waals surface area contributed by atoms with Gasteiger partial charge in [0.1, 0.15) is 6.54 Å². The number of hydrogen-bond donors (Lipinski definition) is 1. The van der Waals surface area contributed by atoms with E-state index in [0.717, 1.165) is 42.3 Å². The van der Waals surface area contributed by atoms with E-state index in [4.69, 9.17) is 9.47 Å². The molecule has 152 valence electrons. The van der Waals surface area contributed by atoms with Gasteiger partial charge in [-0.3, -0.25) is 0 Å². The minimum Gasteiger partial charge on any atom is -0.493 e. The largest absolute Gasteiger partial charge is 0.493 e. The number of piperazine rings is 1. The molecule has 0 aliphatic carbocycles. The summed E-state index contributed by atoms with van der Waals surface area (Å²) >= 11 is 0. The summed E-state index contributed by atoms with van der Waals surface area (Å²) in [6.07, 6.45) is 0. The molecule has 0 radical (unpaired) electrons. The van der Waals surface area contributed by atoms with Gasteiger partial charge in [-0.15, -0.1) is 0 Å². The zero-order valence-electron chi connectivity index (χ0n) is 16.6. The van der Waals surface area contributed by atoms with Crippen LogP contribution in [-0.2, 0) is 22.3 Å². The summed E-state index contributed by atoms with van der Waals surface area (Å²) in [6, 6.07) is 15.4. The van der Waals surface area contributed by atoms with Gasteiger partial charge in [0.25, 0.3) is 0 Å². The SMILES string of the molecule is CCOc1ccc(C[NH+]2CCN(S(=O)(=O)Cc3ccccc3)CC2)cc1OC. The highest BCUT2D eigenvalue weighted by Crippen LogP contribution is 2.27.